The minimum absolute atomic E-state index is 0.0261. The molecule has 0 saturated carbocycles. The first-order valence-corrected chi connectivity index (χ1v) is 8.17. The predicted octanol–water partition coefficient (Wildman–Crippen LogP) is 4.52. The Morgan fingerprint density at radius 2 is 1.96 bits per heavy atom. The van der Waals surface area contributed by atoms with Crippen LogP contribution >= 0.6 is 11.3 Å². The second kappa shape index (κ2) is 6.50. The smallest absolute Gasteiger partial charge is 0.417 e. The van der Waals surface area contributed by atoms with Gasteiger partial charge >= 0.3 is 11.9 Å². The summed E-state index contributed by atoms with van der Waals surface area (Å²) in [6.45, 7) is 1.42. The molecule has 1 aromatic carbocycles. The van der Waals surface area contributed by atoms with Crippen LogP contribution in [-0.4, -0.2) is 25.1 Å². The fourth-order valence-corrected chi connectivity index (χ4v) is 3.42. The summed E-state index contributed by atoms with van der Waals surface area (Å²) in [5.41, 5.74) is -1.49. The van der Waals surface area contributed by atoms with E-state index in [1.807, 2.05) is 0 Å². The van der Waals surface area contributed by atoms with Gasteiger partial charge in [-0.2, -0.15) is 13.2 Å². The van der Waals surface area contributed by atoms with E-state index in [1.165, 1.54) is 12.3 Å². The summed E-state index contributed by atoms with van der Waals surface area (Å²) in [6, 6.07) is 2.87. The maximum Gasteiger partial charge on any atom is 0.417 e. The molecule has 0 saturated heterocycles. The molecule has 0 aliphatic heterocycles. The first kappa shape index (κ1) is 18.6. The number of phenolic OH excluding ortho intramolecular Hbond substituents is 2. The molecule has 140 valence electrons. The highest BCUT2D eigenvalue weighted by Gasteiger charge is 2.35. The van der Waals surface area contributed by atoms with Crippen molar-refractivity contribution in [2.75, 3.05) is 0 Å². The first-order valence-electron chi connectivity index (χ1n) is 7.29. The number of aryl methyl sites for hydroxylation is 1. The lowest BCUT2D eigenvalue weighted by Crippen LogP contribution is -2.09. The van der Waals surface area contributed by atoms with Gasteiger partial charge in [0.2, 0.25) is 5.75 Å². The van der Waals surface area contributed by atoms with Crippen LogP contribution in [0.5, 0.6) is 11.5 Å². The lowest BCUT2D eigenvalue weighted by molar-refractivity contribution is -0.385. The van der Waals surface area contributed by atoms with Gasteiger partial charge in [0.15, 0.2) is 5.75 Å². The van der Waals surface area contributed by atoms with E-state index in [9.17, 15) is 33.5 Å². The zero-order valence-electron chi connectivity index (χ0n) is 13.5. The lowest BCUT2D eigenvalue weighted by Gasteiger charge is -2.12. The molecule has 0 aliphatic rings. The molecule has 0 amide bonds. The van der Waals surface area contributed by atoms with E-state index >= 15 is 0 Å². The van der Waals surface area contributed by atoms with Crippen molar-refractivity contribution < 1.29 is 28.3 Å². The minimum Gasteiger partial charge on any atom is -0.504 e. The van der Waals surface area contributed by atoms with Crippen molar-refractivity contribution in [3.05, 3.63) is 51.1 Å². The number of thiazole rings is 1. The summed E-state index contributed by atoms with van der Waals surface area (Å²) in [5.74, 6) is -1.64. The third kappa shape index (κ3) is 3.40. The molecule has 0 fully saturated rings. The van der Waals surface area contributed by atoms with Crippen LogP contribution in [0.15, 0.2) is 29.8 Å². The van der Waals surface area contributed by atoms with E-state index in [4.69, 9.17) is 0 Å². The third-order valence-electron chi connectivity index (χ3n) is 3.73. The SMILES string of the molecule is Cc1nccc(C(F)(F)F)c1-c1nc(-c2cc(O)c(O)c([N+](=O)[O-])c2)cs1. The van der Waals surface area contributed by atoms with Crippen molar-refractivity contribution in [3.63, 3.8) is 0 Å². The van der Waals surface area contributed by atoms with Gasteiger partial charge in [0.05, 0.1) is 16.2 Å². The number of nitrogens with zero attached hydrogens (tertiary/aromatic N) is 3. The molecule has 2 heterocycles. The lowest BCUT2D eigenvalue weighted by atomic mass is 10.1. The number of nitro groups is 1. The van der Waals surface area contributed by atoms with Crippen LogP contribution in [0.1, 0.15) is 11.3 Å². The second-order valence-electron chi connectivity index (χ2n) is 5.47. The van der Waals surface area contributed by atoms with Gasteiger partial charge in [-0.1, -0.05) is 0 Å². The molecule has 0 aliphatic carbocycles. The summed E-state index contributed by atoms with van der Waals surface area (Å²) >= 11 is 0.901. The quantitative estimate of drug-likeness (QED) is 0.382. The summed E-state index contributed by atoms with van der Waals surface area (Å²) in [4.78, 5) is 18.1. The number of halogens is 3. The highest BCUT2D eigenvalue weighted by molar-refractivity contribution is 7.13. The molecule has 0 spiro atoms. The maximum atomic E-state index is 13.3. The number of rotatable bonds is 3. The molecule has 2 N–H and O–H groups in total. The Balaban J connectivity index is 2.14. The Hall–Kier alpha value is -3.21. The topological polar surface area (TPSA) is 109 Å². The number of nitro benzene ring substituents is 1. The molecule has 3 aromatic rings. The van der Waals surface area contributed by atoms with Gasteiger partial charge in [-0.25, -0.2) is 4.98 Å². The van der Waals surface area contributed by atoms with E-state index in [2.05, 4.69) is 9.97 Å². The van der Waals surface area contributed by atoms with Crippen molar-refractivity contribution in [2.45, 2.75) is 13.1 Å². The molecule has 11 heteroatoms. The van der Waals surface area contributed by atoms with Gasteiger partial charge < -0.3 is 10.2 Å². The van der Waals surface area contributed by atoms with Crippen molar-refractivity contribution in [2.24, 2.45) is 0 Å². The standard InChI is InChI=1S/C16H10F3N3O4S/c1-7-13(9(2-3-20-7)16(17,18)19)15-21-10(6-27-15)8-4-11(22(25)26)14(24)12(23)5-8/h2-6,23-24H,1H3. The number of alkyl halides is 3. The van der Waals surface area contributed by atoms with Gasteiger partial charge in [0.1, 0.15) is 5.01 Å². The molecule has 0 atom stereocenters. The molecule has 3 rings (SSSR count). The third-order valence-corrected chi connectivity index (χ3v) is 4.59. The molecule has 2 aromatic heterocycles. The van der Waals surface area contributed by atoms with E-state index in [-0.39, 0.29) is 27.5 Å². The van der Waals surface area contributed by atoms with Crippen molar-refractivity contribution in [1.82, 2.24) is 9.97 Å². The summed E-state index contributed by atoms with van der Waals surface area (Å²) in [6.07, 6.45) is -3.55. The molecule has 0 radical (unpaired) electrons. The number of hydrogen-bond donors (Lipinski definition) is 2. The summed E-state index contributed by atoms with van der Waals surface area (Å²) in [7, 11) is 0. The van der Waals surface area contributed by atoms with Gasteiger partial charge in [0, 0.05) is 34.5 Å². The maximum absolute atomic E-state index is 13.3. The average Bonchev–Trinajstić information content (AvgIpc) is 3.05. The summed E-state index contributed by atoms with van der Waals surface area (Å²) < 4.78 is 39.9. The fourth-order valence-electron chi connectivity index (χ4n) is 2.48. The minimum atomic E-state index is -4.61. The number of pyridine rings is 1. The van der Waals surface area contributed by atoms with Crippen LogP contribution in [0.4, 0.5) is 18.9 Å². The molecular weight excluding hydrogens is 387 g/mol. The molecule has 7 nitrogen and oxygen atoms in total. The van der Waals surface area contributed by atoms with Gasteiger partial charge in [-0.3, -0.25) is 15.1 Å². The number of aromatic hydroxyl groups is 2. The van der Waals surface area contributed by atoms with E-state index in [0.717, 1.165) is 35.7 Å². The van der Waals surface area contributed by atoms with Crippen LogP contribution in [-0.2, 0) is 6.18 Å². The second-order valence-corrected chi connectivity index (χ2v) is 6.33. The highest BCUT2D eigenvalue weighted by Crippen LogP contribution is 2.42. The predicted molar refractivity (Wildman–Crippen MR) is 90.5 cm³/mol. The van der Waals surface area contributed by atoms with Crippen molar-refractivity contribution in [3.8, 4) is 33.3 Å². The zero-order valence-corrected chi connectivity index (χ0v) is 14.3. The Morgan fingerprint density at radius 1 is 1.26 bits per heavy atom. The van der Waals surface area contributed by atoms with E-state index < -0.39 is 33.8 Å². The molecular formula is C16H10F3N3O4S. The Morgan fingerprint density at radius 3 is 2.59 bits per heavy atom. The van der Waals surface area contributed by atoms with E-state index in [1.54, 1.807) is 0 Å². The Kier molecular flexibility index (Phi) is 4.47. The molecule has 0 bridgehead atoms. The largest absolute Gasteiger partial charge is 0.504 e. The van der Waals surface area contributed by atoms with Gasteiger partial charge in [0.25, 0.3) is 0 Å². The Bertz CT molecular complexity index is 1050. The monoisotopic (exact) mass is 397 g/mol. The normalized spacial score (nSPS) is 11.6. The van der Waals surface area contributed by atoms with Crippen molar-refractivity contribution >= 4 is 17.0 Å². The van der Waals surface area contributed by atoms with Crippen LogP contribution in [0, 0.1) is 17.0 Å². The van der Waals surface area contributed by atoms with Crippen molar-refractivity contribution in [1.29, 1.82) is 0 Å². The number of aromatic nitrogens is 2. The number of phenols is 2. The van der Waals surface area contributed by atoms with Crippen LogP contribution in [0.25, 0.3) is 21.8 Å². The zero-order chi connectivity index (χ0) is 19.9. The fraction of sp³-hybridized carbons (Fsp3) is 0.125. The summed E-state index contributed by atoms with van der Waals surface area (Å²) in [5, 5.41) is 31.6. The Labute approximate surface area is 153 Å². The molecule has 27 heavy (non-hydrogen) atoms. The van der Waals surface area contributed by atoms with Gasteiger partial charge in [-0.15, -0.1) is 11.3 Å². The van der Waals surface area contributed by atoms with Crippen LogP contribution in [0.2, 0.25) is 0 Å². The average molecular weight is 397 g/mol. The first-order chi connectivity index (χ1) is 12.6. The number of benzene rings is 1. The van der Waals surface area contributed by atoms with Gasteiger partial charge in [-0.05, 0) is 19.1 Å². The molecule has 0 unspecified atom stereocenters. The van der Waals surface area contributed by atoms with Crippen LogP contribution < -0.4 is 0 Å². The van der Waals surface area contributed by atoms with Crippen LogP contribution in [0.3, 0.4) is 0 Å². The highest BCUT2D eigenvalue weighted by atomic mass is 32.1. The van der Waals surface area contributed by atoms with E-state index in [0.29, 0.717) is 0 Å². The number of hydrogen-bond acceptors (Lipinski definition) is 7.